The Morgan fingerprint density at radius 2 is 1.71 bits per heavy atom. The Balaban J connectivity index is -0.000000605. The monoisotopic (exact) mass is 328 g/mol. The lowest BCUT2D eigenvalue weighted by atomic mass is 10.3. The van der Waals surface area contributed by atoms with Crippen LogP contribution in [-0.4, -0.2) is 56.6 Å². The minimum Gasteiger partial charge on any atom is -1.00 e. The summed E-state index contributed by atoms with van der Waals surface area (Å²) in [6, 6.07) is 0. The van der Waals surface area contributed by atoms with E-state index in [4.69, 9.17) is 0 Å². The van der Waals surface area contributed by atoms with Crippen LogP contribution >= 0.6 is 0 Å². The topological polar surface area (TPSA) is 3.01 Å². The first kappa shape index (κ1) is 20.1. The van der Waals surface area contributed by atoms with Crippen molar-refractivity contribution in [1.82, 2.24) is 0 Å². The van der Waals surface area contributed by atoms with E-state index in [9.17, 15) is 0 Å². The van der Waals surface area contributed by atoms with Gasteiger partial charge in [0, 0.05) is 6.42 Å². The third-order valence-electron chi connectivity index (χ3n) is 1.70. The first-order valence-corrected chi connectivity index (χ1v) is 4.50. The van der Waals surface area contributed by atoms with E-state index >= 15 is 0 Å². The minimum absolute atomic E-state index is 0. The van der Waals surface area contributed by atoms with Gasteiger partial charge in [0.1, 0.15) is 13.6 Å². The normalized spacial score (nSPS) is 11.6. The number of nitrogens with zero attached hydrogens (tertiary/aromatic N) is 2. The summed E-state index contributed by atoms with van der Waals surface area (Å²) in [5.41, 5.74) is 0. The van der Waals surface area contributed by atoms with Crippen LogP contribution < -0.4 is 34.0 Å². The van der Waals surface area contributed by atoms with E-state index in [0.29, 0.717) is 0 Å². The lowest BCUT2D eigenvalue weighted by molar-refractivity contribution is -0.871. The van der Waals surface area contributed by atoms with E-state index in [1.807, 2.05) is 0 Å². The molecule has 0 aromatic carbocycles. The van der Waals surface area contributed by atoms with Gasteiger partial charge in [0.25, 0.3) is 0 Å². The Labute approximate surface area is 110 Å². The van der Waals surface area contributed by atoms with Gasteiger partial charge in [0.05, 0.1) is 34.1 Å². The van der Waals surface area contributed by atoms with Crippen molar-refractivity contribution in [1.29, 1.82) is 0 Å². The molecule has 0 aromatic heterocycles. The fourth-order valence-corrected chi connectivity index (χ4v) is 1.05. The number of hydrogen-bond donors (Lipinski definition) is 0. The SMILES string of the molecule is [Br-].[Br-].[CH2]C/[C]=[N+](\C)CCC[N+](C)(C)C. The summed E-state index contributed by atoms with van der Waals surface area (Å²) in [5, 5.41) is 0. The van der Waals surface area contributed by atoms with Gasteiger partial charge < -0.3 is 38.4 Å². The molecule has 0 aliphatic carbocycles. The molecule has 0 bridgehead atoms. The molecule has 0 rings (SSSR count). The predicted molar refractivity (Wildman–Crippen MR) is 53.5 cm³/mol. The van der Waals surface area contributed by atoms with Gasteiger partial charge in [-0.2, -0.15) is 0 Å². The number of quaternary nitrogens is 1. The molecule has 0 aliphatic heterocycles. The highest BCUT2D eigenvalue weighted by molar-refractivity contribution is 5.51. The fourth-order valence-electron chi connectivity index (χ4n) is 1.05. The minimum atomic E-state index is 0. The molecule has 0 amide bonds. The van der Waals surface area contributed by atoms with Gasteiger partial charge in [-0.3, -0.25) is 0 Å². The maximum Gasteiger partial charge on any atom is 0.242 e. The standard InChI is InChI=1S/C10H22N2.2BrH/c1-6-8-11(2)9-7-10-12(3,4)5;;/h1,6-7,9-10H2,2-5H3;2*1H/q+2;;/p-2. The summed E-state index contributed by atoms with van der Waals surface area (Å²) >= 11 is 0. The van der Waals surface area contributed by atoms with Gasteiger partial charge in [-0.1, -0.05) is 0 Å². The van der Waals surface area contributed by atoms with E-state index in [1.54, 1.807) is 0 Å². The summed E-state index contributed by atoms with van der Waals surface area (Å²) in [7, 11) is 8.71. The lowest BCUT2D eigenvalue weighted by Crippen LogP contribution is -3.00. The van der Waals surface area contributed by atoms with Crippen LogP contribution in [-0.2, 0) is 0 Å². The largest absolute Gasteiger partial charge is 1.00 e. The average Bonchev–Trinajstić information content (AvgIpc) is 1.84. The maximum atomic E-state index is 3.73. The van der Waals surface area contributed by atoms with E-state index in [-0.39, 0.29) is 34.0 Å². The van der Waals surface area contributed by atoms with Crippen LogP contribution in [0.2, 0.25) is 0 Å². The molecule has 0 aromatic rings. The Kier molecular flexibility index (Phi) is 14.5. The van der Waals surface area contributed by atoms with Crippen molar-refractivity contribution < 1.29 is 43.0 Å². The molecule has 2 radical (unpaired) electrons. The molecular weight excluding hydrogens is 308 g/mol. The molecule has 0 N–H and O–H groups in total. The van der Waals surface area contributed by atoms with Gasteiger partial charge in [-0.05, 0) is 6.92 Å². The molecule has 0 aliphatic rings. The molecule has 0 saturated carbocycles. The van der Waals surface area contributed by atoms with Gasteiger partial charge in [0.2, 0.25) is 6.21 Å². The third-order valence-corrected chi connectivity index (χ3v) is 1.70. The molecule has 14 heavy (non-hydrogen) atoms. The molecule has 0 fully saturated rings. The Bertz CT molecular complexity index is 151. The van der Waals surface area contributed by atoms with Gasteiger partial charge in [0.15, 0.2) is 0 Å². The zero-order valence-corrected chi connectivity index (χ0v) is 12.9. The number of halogens is 2. The summed E-state index contributed by atoms with van der Waals surface area (Å²) in [6.45, 7) is 6.03. The summed E-state index contributed by atoms with van der Waals surface area (Å²) in [5.74, 6) is 0. The van der Waals surface area contributed by atoms with Crippen molar-refractivity contribution in [3.8, 4) is 0 Å². The quantitative estimate of drug-likeness (QED) is 0.270. The fraction of sp³-hybridized carbons (Fsp3) is 0.800. The van der Waals surface area contributed by atoms with Crippen molar-refractivity contribution >= 4 is 6.21 Å². The Morgan fingerprint density at radius 3 is 2.07 bits per heavy atom. The van der Waals surface area contributed by atoms with Gasteiger partial charge in [-0.25, -0.2) is 4.58 Å². The second-order valence-corrected chi connectivity index (χ2v) is 4.20. The Morgan fingerprint density at radius 1 is 1.21 bits per heavy atom. The predicted octanol–water partition coefficient (Wildman–Crippen LogP) is -5.10. The average molecular weight is 330 g/mol. The van der Waals surface area contributed by atoms with Crippen LogP contribution in [0.25, 0.3) is 0 Å². The van der Waals surface area contributed by atoms with Crippen molar-refractivity contribution in [3.05, 3.63) is 6.92 Å². The molecule has 0 saturated heterocycles. The molecule has 0 unspecified atom stereocenters. The van der Waals surface area contributed by atoms with E-state index < -0.39 is 0 Å². The van der Waals surface area contributed by atoms with E-state index in [0.717, 1.165) is 17.4 Å². The number of hydrogen-bond acceptors (Lipinski definition) is 0. The van der Waals surface area contributed by atoms with Crippen molar-refractivity contribution in [3.63, 3.8) is 0 Å². The second kappa shape index (κ2) is 10.1. The smallest absolute Gasteiger partial charge is 0.242 e. The molecule has 0 heterocycles. The highest BCUT2D eigenvalue weighted by Crippen LogP contribution is 1.92. The first-order chi connectivity index (χ1) is 5.45. The van der Waals surface area contributed by atoms with Gasteiger partial charge >= 0.3 is 0 Å². The zero-order chi connectivity index (χ0) is 9.61. The molecule has 0 spiro atoms. The highest BCUT2D eigenvalue weighted by Gasteiger charge is 2.07. The van der Waals surface area contributed by atoms with Crippen molar-refractivity contribution in [2.24, 2.45) is 0 Å². The van der Waals surface area contributed by atoms with Crippen LogP contribution in [0.15, 0.2) is 0 Å². The van der Waals surface area contributed by atoms with Crippen LogP contribution in [0.3, 0.4) is 0 Å². The highest BCUT2D eigenvalue weighted by atomic mass is 79.9. The summed E-state index contributed by atoms with van der Waals surface area (Å²) in [6.07, 6.45) is 5.13. The summed E-state index contributed by atoms with van der Waals surface area (Å²) < 4.78 is 3.14. The molecule has 0 atom stereocenters. The number of rotatable bonds is 5. The maximum absolute atomic E-state index is 3.73. The first-order valence-electron chi connectivity index (χ1n) is 4.50. The van der Waals surface area contributed by atoms with Crippen LogP contribution in [0, 0.1) is 6.92 Å². The van der Waals surface area contributed by atoms with E-state index in [1.165, 1.54) is 13.0 Å². The van der Waals surface area contributed by atoms with Crippen molar-refractivity contribution in [2.75, 3.05) is 41.3 Å². The third kappa shape index (κ3) is 15.1. The Hall–Kier alpha value is 0.590. The van der Waals surface area contributed by atoms with Gasteiger partial charge in [-0.15, -0.1) is 0 Å². The van der Waals surface area contributed by atoms with Crippen LogP contribution in [0.4, 0.5) is 0 Å². The molecule has 2 nitrogen and oxygen atoms in total. The van der Waals surface area contributed by atoms with Crippen LogP contribution in [0.1, 0.15) is 12.8 Å². The zero-order valence-electron chi connectivity index (χ0n) is 9.69. The lowest BCUT2D eigenvalue weighted by Gasteiger charge is -2.22. The van der Waals surface area contributed by atoms with E-state index in [2.05, 4.69) is 45.9 Å². The summed E-state index contributed by atoms with van der Waals surface area (Å²) in [4.78, 5) is 0. The molecule has 86 valence electrons. The van der Waals surface area contributed by atoms with Crippen molar-refractivity contribution in [2.45, 2.75) is 12.8 Å². The molecular formula is C10H22Br2N2. The second-order valence-electron chi connectivity index (χ2n) is 4.20. The molecule has 4 heteroatoms. The van der Waals surface area contributed by atoms with Crippen LogP contribution in [0.5, 0.6) is 0 Å².